The van der Waals surface area contributed by atoms with Gasteiger partial charge in [0.15, 0.2) is 0 Å². The van der Waals surface area contributed by atoms with Crippen LogP contribution in [0.5, 0.6) is 0 Å². The van der Waals surface area contributed by atoms with Crippen molar-refractivity contribution in [2.45, 2.75) is 46.1 Å². The minimum atomic E-state index is -0.122. The summed E-state index contributed by atoms with van der Waals surface area (Å²) in [6.45, 7) is 6.72. The average molecular weight is 225 g/mol. The predicted octanol–water partition coefficient (Wildman–Crippen LogP) is 0.899. The van der Waals surface area contributed by atoms with Crippen molar-refractivity contribution < 1.29 is 9.59 Å². The molecule has 0 aromatic rings. The smallest absolute Gasteiger partial charge is 0.270 e. The molecule has 0 aromatic carbocycles. The second kappa shape index (κ2) is 5.63. The zero-order valence-corrected chi connectivity index (χ0v) is 10.1. The molecule has 5 heteroatoms. The Labute approximate surface area is 95.9 Å². The largest absolute Gasteiger partial charge is 0.335 e. The van der Waals surface area contributed by atoms with Gasteiger partial charge in [-0.2, -0.15) is 5.10 Å². The van der Waals surface area contributed by atoms with Gasteiger partial charge in [-0.1, -0.05) is 6.92 Å². The van der Waals surface area contributed by atoms with Crippen molar-refractivity contribution >= 4 is 17.5 Å². The molecule has 1 heterocycles. The van der Waals surface area contributed by atoms with Crippen LogP contribution in [0.25, 0.3) is 0 Å². The maximum atomic E-state index is 12.1. The van der Waals surface area contributed by atoms with Gasteiger partial charge in [0.1, 0.15) is 5.71 Å². The summed E-state index contributed by atoms with van der Waals surface area (Å²) < 4.78 is 0. The van der Waals surface area contributed by atoms with Gasteiger partial charge in [-0.3, -0.25) is 9.59 Å². The van der Waals surface area contributed by atoms with Crippen molar-refractivity contribution in [3.05, 3.63) is 0 Å². The van der Waals surface area contributed by atoms with E-state index in [0.717, 1.165) is 13.0 Å². The van der Waals surface area contributed by atoms with E-state index in [-0.39, 0.29) is 17.9 Å². The molecule has 1 rings (SSSR count). The molecule has 5 nitrogen and oxygen atoms in total. The molecule has 0 fully saturated rings. The van der Waals surface area contributed by atoms with Crippen molar-refractivity contribution in [3.8, 4) is 0 Å². The molecule has 0 aromatic heterocycles. The van der Waals surface area contributed by atoms with Gasteiger partial charge in [-0.15, -0.1) is 0 Å². The molecule has 16 heavy (non-hydrogen) atoms. The number of carbonyl (C=O) groups is 2. The molecule has 90 valence electrons. The van der Waals surface area contributed by atoms with E-state index >= 15 is 0 Å². The maximum absolute atomic E-state index is 12.1. The fraction of sp³-hybridized carbons (Fsp3) is 0.727. The molecule has 0 aliphatic carbocycles. The van der Waals surface area contributed by atoms with Crippen LogP contribution in [0.4, 0.5) is 0 Å². The van der Waals surface area contributed by atoms with Crippen LogP contribution in [0.3, 0.4) is 0 Å². The Kier molecular flexibility index (Phi) is 4.46. The zero-order chi connectivity index (χ0) is 12.1. The number of hydrazone groups is 1. The van der Waals surface area contributed by atoms with E-state index in [2.05, 4.69) is 10.5 Å². The number of rotatable bonds is 4. The molecule has 1 aliphatic rings. The van der Waals surface area contributed by atoms with Crippen molar-refractivity contribution in [3.63, 3.8) is 0 Å². The minimum Gasteiger partial charge on any atom is -0.335 e. The van der Waals surface area contributed by atoms with Crippen molar-refractivity contribution in [2.75, 3.05) is 6.54 Å². The van der Waals surface area contributed by atoms with Crippen LogP contribution in [-0.4, -0.2) is 35.0 Å². The lowest BCUT2D eigenvalue weighted by Gasteiger charge is -2.27. The standard InChI is InChI=1S/C11H19N3O2/c1-4-7-14(8(2)3)11(16)9-5-6-10(15)13-12-9/h8H,4-7H2,1-3H3,(H,13,15). The van der Waals surface area contributed by atoms with E-state index in [9.17, 15) is 9.59 Å². The minimum absolute atomic E-state index is 0.0585. The number of hydrogen-bond acceptors (Lipinski definition) is 3. The Balaban J connectivity index is 2.71. The Morgan fingerprint density at radius 1 is 1.50 bits per heavy atom. The number of nitrogens with zero attached hydrogens (tertiary/aromatic N) is 2. The Hall–Kier alpha value is -1.39. The number of amides is 2. The Morgan fingerprint density at radius 3 is 2.62 bits per heavy atom. The van der Waals surface area contributed by atoms with E-state index in [1.165, 1.54) is 0 Å². The van der Waals surface area contributed by atoms with Crippen LogP contribution >= 0.6 is 0 Å². The van der Waals surface area contributed by atoms with Crippen molar-refractivity contribution in [2.24, 2.45) is 5.10 Å². The second-order valence-electron chi connectivity index (χ2n) is 4.19. The fourth-order valence-electron chi connectivity index (χ4n) is 1.63. The number of nitrogens with one attached hydrogen (secondary N) is 1. The highest BCUT2D eigenvalue weighted by Gasteiger charge is 2.24. The number of carbonyl (C=O) groups excluding carboxylic acids is 2. The first-order chi connectivity index (χ1) is 7.56. The van der Waals surface area contributed by atoms with Crippen LogP contribution in [0.1, 0.15) is 40.0 Å². The van der Waals surface area contributed by atoms with Crippen molar-refractivity contribution in [1.82, 2.24) is 10.3 Å². The highest BCUT2D eigenvalue weighted by molar-refractivity contribution is 6.39. The first-order valence-corrected chi connectivity index (χ1v) is 5.72. The second-order valence-corrected chi connectivity index (χ2v) is 4.19. The molecule has 1 aliphatic heterocycles. The third-order valence-electron chi connectivity index (χ3n) is 2.50. The number of hydrogen-bond donors (Lipinski definition) is 1. The fourth-order valence-corrected chi connectivity index (χ4v) is 1.63. The highest BCUT2D eigenvalue weighted by atomic mass is 16.2. The lowest BCUT2D eigenvalue weighted by molar-refractivity contribution is -0.126. The van der Waals surface area contributed by atoms with Crippen LogP contribution in [-0.2, 0) is 9.59 Å². The Bertz CT molecular complexity index is 310. The van der Waals surface area contributed by atoms with Crippen LogP contribution in [0.2, 0.25) is 0 Å². The molecule has 0 spiro atoms. The van der Waals surface area contributed by atoms with E-state index < -0.39 is 0 Å². The summed E-state index contributed by atoms with van der Waals surface area (Å²) in [7, 11) is 0. The summed E-state index contributed by atoms with van der Waals surface area (Å²) in [4.78, 5) is 24.8. The van der Waals surface area contributed by atoms with E-state index in [4.69, 9.17) is 0 Å². The first-order valence-electron chi connectivity index (χ1n) is 5.72. The molecular weight excluding hydrogens is 206 g/mol. The first kappa shape index (κ1) is 12.7. The lowest BCUT2D eigenvalue weighted by atomic mass is 10.1. The van der Waals surface area contributed by atoms with E-state index in [1.54, 1.807) is 4.90 Å². The zero-order valence-electron chi connectivity index (χ0n) is 10.1. The SMILES string of the molecule is CCCN(C(=O)C1=NNC(=O)CC1)C(C)C. The molecule has 0 saturated heterocycles. The topological polar surface area (TPSA) is 61.8 Å². The van der Waals surface area contributed by atoms with Gasteiger partial charge in [0.25, 0.3) is 5.91 Å². The van der Waals surface area contributed by atoms with Gasteiger partial charge >= 0.3 is 0 Å². The average Bonchev–Trinajstić information content (AvgIpc) is 2.25. The maximum Gasteiger partial charge on any atom is 0.270 e. The van der Waals surface area contributed by atoms with Crippen LogP contribution in [0, 0.1) is 0 Å². The Morgan fingerprint density at radius 2 is 2.19 bits per heavy atom. The third-order valence-corrected chi connectivity index (χ3v) is 2.50. The molecule has 0 unspecified atom stereocenters. The lowest BCUT2D eigenvalue weighted by Crippen LogP contribution is -2.44. The summed E-state index contributed by atoms with van der Waals surface area (Å²) in [6, 6.07) is 0.160. The van der Waals surface area contributed by atoms with Gasteiger partial charge in [0, 0.05) is 25.4 Å². The van der Waals surface area contributed by atoms with Gasteiger partial charge in [0.2, 0.25) is 5.91 Å². The molecule has 0 saturated carbocycles. The van der Waals surface area contributed by atoms with Gasteiger partial charge in [-0.25, -0.2) is 5.43 Å². The molecule has 0 atom stereocenters. The summed E-state index contributed by atoms with van der Waals surface area (Å²) in [6.07, 6.45) is 1.71. The summed E-state index contributed by atoms with van der Waals surface area (Å²) in [5.41, 5.74) is 2.81. The van der Waals surface area contributed by atoms with Gasteiger partial charge in [-0.05, 0) is 20.3 Å². The van der Waals surface area contributed by atoms with Crippen molar-refractivity contribution in [1.29, 1.82) is 0 Å². The third kappa shape index (κ3) is 3.05. The normalized spacial score (nSPS) is 15.8. The van der Waals surface area contributed by atoms with Gasteiger partial charge in [0.05, 0.1) is 0 Å². The molecule has 1 N–H and O–H groups in total. The molecule has 0 bridgehead atoms. The van der Waals surface area contributed by atoms with E-state index in [0.29, 0.717) is 18.6 Å². The quantitative estimate of drug-likeness (QED) is 0.772. The summed E-state index contributed by atoms with van der Waals surface area (Å²) in [5.74, 6) is -0.181. The molecular formula is C11H19N3O2. The summed E-state index contributed by atoms with van der Waals surface area (Å²) in [5, 5.41) is 3.82. The summed E-state index contributed by atoms with van der Waals surface area (Å²) >= 11 is 0. The van der Waals surface area contributed by atoms with Gasteiger partial charge < -0.3 is 4.90 Å². The molecule has 0 radical (unpaired) electrons. The van der Waals surface area contributed by atoms with E-state index in [1.807, 2.05) is 20.8 Å². The van der Waals surface area contributed by atoms with Crippen LogP contribution in [0.15, 0.2) is 5.10 Å². The predicted molar refractivity (Wildman–Crippen MR) is 62.0 cm³/mol. The highest BCUT2D eigenvalue weighted by Crippen LogP contribution is 2.07. The molecule has 2 amide bonds. The van der Waals surface area contributed by atoms with Crippen LogP contribution < -0.4 is 5.43 Å². The monoisotopic (exact) mass is 225 g/mol.